The summed E-state index contributed by atoms with van der Waals surface area (Å²) >= 11 is 0.975. The normalized spacial score (nSPS) is 10.6. The quantitative estimate of drug-likeness (QED) is 0.714. The first kappa shape index (κ1) is 20.6. The van der Waals surface area contributed by atoms with Crippen LogP contribution in [0.15, 0.2) is 4.52 Å². The Hall–Kier alpha value is -2.68. The lowest BCUT2D eigenvalue weighted by Gasteiger charge is -2.07. The fourth-order valence-electron chi connectivity index (χ4n) is 2.48. The molecule has 27 heavy (non-hydrogen) atoms. The maximum atomic E-state index is 12.6. The molecule has 2 aromatic rings. The van der Waals surface area contributed by atoms with Crippen molar-refractivity contribution in [1.29, 1.82) is 0 Å². The first-order chi connectivity index (χ1) is 12.8. The minimum absolute atomic E-state index is 0.150. The van der Waals surface area contributed by atoms with Crippen LogP contribution in [-0.4, -0.2) is 36.2 Å². The molecule has 1 amide bonds. The molecule has 0 aliphatic rings. The summed E-state index contributed by atoms with van der Waals surface area (Å²) in [6.07, 6.45) is 0.653. The summed E-state index contributed by atoms with van der Waals surface area (Å²) in [6, 6.07) is 0. The molecule has 0 bridgehead atoms. The molecule has 1 N–H and O–H groups in total. The molecule has 0 unspecified atom stereocenters. The molecular formula is C18H22N2O6S. The molecule has 2 heterocycles. The van der Waals surface area contributed by atoms with Crippen LogP contribution in [0, 0.1) is 20.8 Å². The first-order valence-electron chi connectivity index (χ1n) is 8.53. The summed E-state index contributed by atoms with van der Waals surface area (Å²) in [4.78, 5) is 37.6. The highest BCUT2D eigenvalue weighted by Gasteiger charge is 2.28. The fraction of sp³-hybridized carbons (Fsp3) is 0.444. The number of aromatic nitrogens is 1. The molecule has 0 aliphatic heterocycles. The lowest BCUT2D eigenvalue weighted by molar-refractivity contribution is 0.0506. The van der Waals surface area contributed by atoms with Crippen molar-refractivity contribution in [3.8, 4) is 0 Å². The van der Waals surface area contributed by atoms with Gasteiger partial charge in [-0.25, -0.2) is 9.59 Å². The zero-order chi connectivity index (χ0) is 20.1. The van der Waals surface area contributed by atoms with E-state index in [-0.39, 0.29) is 34.2 Å². The highest BCUT2D eigenvalue weighted by Crippen LogP contribution is 2.35. The maximum absolute atomic E-state index is 12.6. The monoisotopic (exact) mass is 394 g/mol. The van der Waals surface area contributed by atoms with Gasteiger partial charge >= 0.3 is 11.9 Å². The van der Waals surface area contributed by atoms with Crippen LogP contribution >= 0.6 is 11.3 Å². The van der Waals surface area contributed by atoms with Crippen LogP contribution < -0.4 is 5.32 Å². The van der Waals surface area contributed by atoms with Gasteiger partial charge in [-0.1, -0.05) is 12.1 Å². The number of anilines is 1. The van der Waals surface area contributed by atoms with Gasteiger partial charge in [0.1, 0.15) is 21.2 Å². The van der Waals surface area contributed by atoms with Crippen molar-refractivity contribution in [1.82, 2.24) is 5.16 Å². The van der Waals surface area contributed by atoms with Crippen molar-refractivity contribution < 1.29 is 28.4 Å². The zero-order valence-corrected chi connectivity index (χ0v) is 16.7. The van der Waals surface area contributed by atoms with E-state index >= 15 is 0 Å². The van der Waals surface area contributed by atoms with Gasteiger partial charge in [0.2, 0.25) is 0 Å². The molecule has 2 rings (SSSR count). The van der Waals surface area contributed by atoms with Crippen LogP contribution in [0.25, 0.3) is 0 Å². The van der Waals surface area contributed by atoms with E-state index < -0.39 is 17.8 Å². The van der Waals surface area contributed by atoms with Gasteiger partial charge in [0.15, 0.2) is 0 Å². The van der Waals surface area contributed by atoms with Crippen molar-refractivity contribution >= 4 is 34.2 Å². The van der Waals surface area contributed by atoms with Gasteiger partial charge in [0.25, 0.3) is 5.91 Å². The van der Waals surface area contributed by atoms with Crippen LogP contribution in [0.2, 0.25) is 0 Å². The van der Waals surface area contributed by atoms with Gasteiger partial charge in [-0.15, -0.1) is 11.3 Å². The highest BCUT2D eigenvalue weighted by atomic mass is 32.1. The van der Waals surface area contributed by atoms with Crippen LogP contribution in [0.5, 0.6) is 0 Å². The van der Waals surface area contributed by atoms with Gasteiger partial charge in [-0.3, -0.25) is 4.79 Å². The number of thiophene rings is 1. The predicted molar refractivity (Wildman–Crippen MR) is 99.5 cm³/mol. The van der Waals surface area contributed by atoms with Crippen molar-refractivity contribution in [2.24, 2.45) is 0 Å². The van der Waals surface area contributed by atoms with E-state index in [0.717, 1.165) is 11.3 Å². The van der Waals surface area contributed by atoms with Crippen LogP contribution in [-0.2, 0) is 9.47 Å². The third-order valence-electron chi connectivity index (χ3n) is 3.74. The molecule has 2 aromatic heterocycles. The standard InChI is InChI=1S/C18H22N2O6S/c1-6-8-25-17(22)12-9(3)14(18(23)24-7-2)27-16(12)19-15(21)13-10(4)20-26-11(13)5/h6-8H2,1-5H3,(H,19,21). The summed E-state index contributed by atoms with van der Waals surface area (Å²) < 4.78 is 15.3. The third-order valence-corrected chi connectivity index (χ3v) is 4.92. The predicted octanol–water partition coefficient (Wildman–Crippen LogP) is 3.66. The molecule has 0 radical (unpaired) electrons. The molecule has 0 saturated heterocycles. The third kappa shape index (κ3) is 4.36. The van der Waals surface area contributed by atoms with E-state index in [1.807, 2.05) is 6.92 Å². The van der Waals surface area contributed by atoms with Crippen LogP contribution in [0.3, 0.4) is 0 Å². The minimum atomic E-state index is -0.602. The molecule has 8 nitrogen and oxygen atoms in total. The van der Waals surface area contributed by atoms with Gasteiger partial charge < -0.3 is 19.3 Å². The summed E-state index contributed by atoms with van der Waals surface area (Å²) in [6.45, 7) is 8.89. The first-order valence-corrected chi connectivity index (χ1v) is 9.35. The Labute approximate surface area is 160 Å². The second-order valence-electron chi connectivity index (χ2n) is 5.77. The second-order valence-corrected chi connectivity index (χ2v) is 6.79. The van der Waals surface area contributed by atoms with Crippen molar-refractivity contribution in [2.45, 2.75) is 41.0 Å². The van der Waals surface area contributed by atoms with E-state index in [4.69, 9.17) is 14.0 Å². The summed E-state index contributed by atoms with van der Waals surface area (Å²) in [5.74, 6) is -1.27. The summed E-state index contributed by atoms with van der Waals surface area (Å²) in [5.41, 5.74) is 1.27. The van der Waals surface area contributed by atoms with E-state index in [1.54, 1.807) is 27.7 Å². The zero-order valence-electron chi connectivity index (χ0n) is 15.9. The van der Waals surface area contributed by atoms with Crippen LogP contribution in [0.1, 0.15) is 67.7 Å². The number of ether oxygens (including phenoxy) is 2. The SMILES string of the molecule is CCCOC(=O)c1c(NC(=O)c2c(C)noc2C)sc(C(=O)OCC)c1C. The number of nitrogens with one attached hydrogen (secondary N) is 1. The number of nitrogens with zero attached hydrogens (tertiary/aromatic N) is 1. The average molecular weight is 394 g/mol. The molecule has 146 valence electrons. The topological polar surface area (TPSA) is 108 Å². The number of rotatable bonds is 7. The Kier molecular flexibility index (Phi) is 6.73. The van der Waals surface area contributed by atoms with Gasteiger partial charge in [0, 0.05) is 0 Å². The molecule has 0 saturated carbocycles. The van der Waals surface area contributed by atoms with Crippen molar-refractivity contribution in [3.63, 3.8) is 0 Å². The van der Waals surface area contributed by atoms with E-state index in [1.165, 1.54) is 0 Å². The number of esters is 2. The number of hydrogen-bond acceptors (Lipinski definition) is 8. The number of hydrogen-bond donors (Lipinski definition) is 1. The second kappa shape index (κ2) is 8.81. The number of carbonyl (C=O) groups excluding carboxylic acids is 3. The highest BCUT2D eigenvalue weighted by molar-refractivity contribution is 7.18. The van der Waals surface area contributed by atoms with Crippen molar-refractivity contribution in [2.75, 3.05) is 18.5 Å². The molecule has 0 aromatic carbocycles. The minimum Gasteiger partial charge on any atom is -0.462 e. The molecule has 0 aliphatic carbocycles. The molecule has 0 atom stereocenters. The largest absolute Gasteiger partial charge is 0.462 e. The summed E-state index contributed by atoms with van der Waals surface area (Å²) in [7, 11) is 0. The molecule has 9 heteroatoms. The number of aryl methyl sites for hydroxylation is 2. The smallest absolute Gasteiger partial charge is 0.348 e. The average Bonchev–Trinajstić information content (AvgIpc) is 3.12. The van der Waals surface area contributed by atoms with Gasteiger partial charge in [0.05, 0.1) is 24.5 Å². The maximum Gasteiger partial charge on any atom is 0.348 e. The Balaban J connectivity index is 2.43. The molecular weight excluding hydrogens is 372 g/mol. The lowest BCUT2D eigenvalue weighted by Crippen LogP contribution is -2.16. The molecule has 0 spiro atoms. The lowest BCUT2D eigenvalue weighted by atomic mass is 10.1. The number of carbonyl (C=O) groups is 3. The number of amides is 1. The van der Waals surface area contributed by atoms with E-state index in [2.05, 4.69) is 10.5 Å². The fourth-order valence-corrected chi connectivity index (χ4v) is 3.56. The van der Waals surface area contributed by atoms with Crippen molar-refractivity contribution in [3.05, 3.63) is 33.0 Å². The Bertz CT molecular complexity index is 848. The van der Waals surface area contributed by atoms with E-state index in [0.29, 0.717) is 23.4 Å². The molecule has 0 fully saturated rings. The van der Waals surface area contributed by atoms with E-state index in [9.17, 15) is 14.4 Å². The van der Waals surface area contributed by atoms with Gasteiger partial charge in [-0.2, -0.15) is 0 Å². The Morgan fingerprint density at radius 1 is 1.07 bits per heavy atom. The summed E-state index contributed by atoms with van der Waals surface area (Å²) in [5, 5.41) is 6.66. The van der Waals surface area contributed by atoms with Crippen LogP contribution in [0.4, 0.5) is 5.00 Å². The van der Waals surface area contributed by atoms with Gasteiger partial charge in [-0.05, 0) is 39.7 Å². The Morgan fingerprint density at radius 2 is 1.78 bits per heavy atom. The Morgan fingerprint density at radius 3 is 2.33 bits per heavy atom.